The summed E-state index contributed by atoms with van der Waals surface area (Å²) in [6.45, 7) is 1.92. The number of carbonyl (C=O) groups is 1. The second kappa shape index (κ2) is 6.24. The van der Waals surface area contributed by atoms with Crippen LogP contribution in [0.25, 0.3) is 0 Å². The van der Waals surface area contributed by atoms with Crippen LogP contribution < -0.4 is 9.47 Å². The van der Waals surface area contributed by atoms with Gasteiger partial charge in [-0.05, 0) is 30.2 Å². The number of carbonyl (C=O) groups excluding carboxylic acids is 1. The summed E-state index contributed by atoms with van der Waals surface area (Å²) in [5, 5.41) is 0. The number of ketones is 1. The van der Waals surface area contributed by atoms with Crippen LogP contribution in [-0.4, -0.2) is 20.0 Å². The molecule has 0 N–H and O–H groups in total. The fraction of sp³-hybridized carbons (Fsp3) is 0.235. The first-order chi connectivity index (χ1) is 9.65. The fourth-order valence-electron chi connectivity index (χ4n) is 2.14. The van der Waals surface area contributed by atoms with Gasteiger partial charge in [0.25, 0.3) is 0 Å². The second-order valence-corrected chi connectivity index (χ2v) is 4.61. The molecule has 0 amide bonds. The highest BCUT2D eigenvalue weighted by atomic mass is 16.5. The lowest BCUT2D eigenvalue weighted by Gasteiger charge is -2.12. The Bertz CT molecular complexity index is 603. The van der Waals surface area contributed by atoms with Crippen LogP contribution in [0.5, 0.6) is 11.5 Å². The van der Waals surface area contributed by atoms with Crippen LogP contribution in [0.1, 0.15) is 21.5 Å². The van der Waals surface area contributed by atoms with E-state index >= 15 is 0 Å². The zero-order valence-electron chi connectivity index (χ0n) is 12.0. The number of aryl methyl sites for hydroxylation is 1. The Morgan fingerprint density at radius 3 is 2.25 bits per heavy atom. The quantitative estimate of drug-likeness (QED) is 0.781. The van der Waals surface area contributed by atoms with Crippen molar-refractivity contribution in [1.29, 1.82) is 0 Å². The highest BCUT2D eigenvalue weighted by Crippen LogP contribution is 2.29. The molecule has 0 radical (unpaired) electrons. The summed E-state index contributed by atoms with van der Waals surface area (Å²) < 4.78 is 10.6. The van der Waals surface area contributed by atoms with Gasteiger partial charge in [0.2, 0.25) is 0 Å². The lowest BCUT2D eigenvalue weighted by atomic mass is 10.0. The molecule has 3 nitrogen and oxygen atoms in total. The summed E-state index contributed by atoms with van der Waals surface area (Å²) in [6, 6.07) is 13.2. The summed E-state index contributed by atoms with van der Waals surface area (Å²) in [7, 11) is 3.17. The van der Waals surface area contributed by atoms with E-state index in [4.69, 9.17) is 9.47 Å². The predicted octanol–water partition coefficient (Wildman–Crippen LogP) is 3.44. The Hall–Kier alpha value is -2.29. The van der Waals surface area contributed by atoms with E-state index in [9.17, 15) is 4.79 Å². The van der Waals surface area contributed by atoms with Crippen molar-refractivity contribution in [3.05, 3.63) is 59.2 Å². The largest absolute Gasteiger partial charge is 0.496 e. The van der Waals surface area contributed by atoms with Crippen LogP contribution in [0, 0.1) is 6.92 Å². The molecule has 0 unspecified atom stereocenters. The number of ether oxygens (including phenoxy) is 2. The van der Waals surface area contributed by atoms with Crippen LogP contribution in [0.2, 0.25) is 0 Å². The Morgan fingerprint density at radius 1 is 1.00 bits per heavy atom. The number of Topliss-reactive ketones (excluding diaryl/α,β-unsaturated/α-hetero) is 1. The molecule has 0 spiro atoms. The molecule has 2 aromatic rings. The third-order valence-corrected chi connectivity index (χ3v) is 3.22. The number of methoxy groups -OCH3 is 2. The van der Waals surface area contributed by atoms with E-state index in [-0.39, 0.29) is 5.78 Å². The maximum absolute atomic E-state index is 12.4. The molecule has 20 heavy (non-hydrogen) atoms. The smallest absolute Gasteiger partial charge is 0.171 e. The molecule has 3 heteroatoms. The number of hydrogen-bond acceptors (Lipinski definition) is 3. The fourth-order valence-corrected chi connectivity index (χ4v) is 2.14. The van der Waals surface area contributed by atoms with Gasteiger partial charge in [-0.2, -0.15) is 0 Å². The van der Waals surface area contributed by atoms with Gasteiger partial charge in [0.05, 0.1) is 19.8 Å². The van der Waals surface area contributed by atoms with E-state index in [1.165, 1.54) is 0 Å². The topological polar surface area (TPSA) is 35.5 Å². The first-order valence-corrected chi connectivity index (χ1v) is 6.45. The maximum atomic E-state index is 12.4. The Labute approximate surface area is 119 Å². The summed E-state index contributed by atoms with van der Waals surface area (Å²) in [4.78, 5) is 12.4. The van der Waals surface area contributed by atoms with E-state index in [0.29, 0.717) is 23.5 Å². The number of hydrogen-bond donors (Lipinski definition) is 0. The Morgan fingerprint density at radius 2 is 1.65 bits per heavy atom. The molecule has 0 bridgehead atoms. The van der Waals surface area contributed by atoms with Crippen LogP contribution >= 0.6 is 0 Å². The Balaban J connectivity index is 2.33. The molecule has 0 saturated heterocycles. The van der Waals surface area contributed by atoms with Gasteiger partial charge in [-0.25, -0.2) is 0 Å². The van der Waals surface area contributed by atoms with Crippen molar-refractivity contribution in [3.8, 4) is 11.5 Å². The molecule has 2 aromatic carbocycles. The minimum atomic E-state index is 0.0198. The van der Waals surface area contributed by atoms with E-state index in [2.05, 4.69) is 0 Å². The monoisotopic (exact) mass is 270 g/mol. The standard InChI is InChI=1S/C17H18O3/c1-12-9-17(20-3)14(11-16(12)19-2)15(18)10-13-7-5-4-6-8-13/h4-9,11H,10H2,1-3H3. The highest BCUT2D eigenvalue weighted by molar-refractivity contribution is 6.00. The molecule has 0 fully saturated rings. The van der Waals surface area contributed by atoms with Gasteiger partial charge in [0.1, 0.15) is 11.5 Å². The normalized spacial score (nSPS) is 10.2. The summed E-state index contributed by atoms with van der Waals surface area (Å²) >= 11 is 0. The van der Waals surface area contributed by atoms with E-state index in [0.717, 1.165) is 11.1 Å². The maximum Gasteiger partial charge on any atom is 0.171 e. The average molecular weight is 270 g/mol. The van der Waals surface area contributed by atoms with Gasteiger partial charge in [-0.1, -0.05) is 30.3 Å². The zero-order valence-corrected chi connectivity index (χ0v) is 12.0. The van der Waals surface area contributed by atoms with Gasteiger partial charge in [-0.15, -0.1) is 0 Å². The molecular formula is C17H18O3. The summed E-state index contributed by atoms with van der Waals surface area (Å²) in [6.07, 6.45) is 0.351. The minimum Gasteiger partial charge on any atom is -0.496 e. The van der Waals surface area contributed by atoms with Crippen LogP contribution in [0.15, 0.2) is 42.5 Å². The number of benzene rings is 2. The van der Waals surface area contributed by atoms with Gasteiger partial charge in [-0.3, -0.25) is 4.79 Å². The van der Waals surface area contributed by atoms with Crippen LogP contribution in [0.4, 0.5) is 0 Å². The third kappa shape index (κ3) is 2.99. The van der Waals surface area contributed by atoms with Crippen LogP contribution in [-0.2, 0) is 6.42 Å². The average Bonchev–Trinajstić information content (AvgIpc) is 2.47. The predicted molar refractivity (Wildman–Crippen MR) is 78.8 cm³/mol. The molecule has 0 heterocycles. The van der Waals surface area contributed by atoms with Gasteiger partial charge in [0, 0.05) is 6.42 Å². The van der Waals surface area contributed by atoms with Crippen molar-refractivity contribution in [2.75, 3.05) is 14.2 Å². The van der Waals surface area contributed by atoms with Gasteiger partial charge < -0.3 is 9.47 Å². The summed E-state index contributed by atoms with van der Waals surface area (Å²) in [5.74, 6) is 1.30. The lowest BCUT2D eigenvalue weighted by molar-refractivity contribution is 0.0989. The van der Waals surface area contributed by atoms with Crippen molar-refractivity contribution in [3.63, 3.8) is 0 Å². The second-order valence-electron chi connectivity index (χ2n) is 4.61. The van der Waals surface area contributed by atoms with Gasteiger partial charge >= 0.3 is 0 Å². The van der Waals surface area contributed by atoms with Crippen molar-refractivity contribution in [1.82, 2.24) is 0 Å². The summed E-state index contributed by atoms with van der Waals surface area (Å²) in [5.41, 5.74) is 2.48. The molecule has 0 aromatic heterocycles. The van der Waals surface area contributed by atoms with Crippen LogP contribution in [0.3, 0.4) is 0 Å². The SMILES string of the molecule is COc1cc(C(=O)Cc2ccccc2)c(OC)cc1C. The highest BCUT2D eigenvalue weighted by Gasteiger charge is 2.15. The first-order valence-electron chi connectivity index (χ1n) is 6.45. The first kappa shape index (κ1) is 14.1. The Kier molecular flexibility index (Phi) is 4.41. The number of rotatable bonds is 5. The molecule has 0 aliphatic heterocycles. The molecule has 0 atom stereocenters. The molecular weight excluding hydrogens is 252 g/mol. The lowest BCUT2D eigenvalue weighted by Crippen LogP contribution is -2.07. The van der Waals surface area contributed by atoms with E-state index in [1.807, 2.05) is 43.3 Å². The minimum absolute atomic E-state index is 0.0198. The van der Waals surface area contributed by atoms with Crippen molar-refractivity contribution >= 4 is 5.78 Å². The van der Waals surface area contributed by atoms with E-state index < -0.39 is 0 Å². The van der Waals surface area contributed by atoms with Crippen molar-refractivity contribution < 1.29 is 14.3 Å². The third-order valence-electron chi connectivity index (χ3n) is 3.22. The molecule has 2 rings (SSSR count). The zero-order chi connectivity index (χ0) is 14.5. The molecule has 0 aliphatic carbocycles. The molecule has 0 saturated carbocycles. The van der Waals surface area contributed by atoms with E-state index in [1.54, 1.807) is 20.3 Å². The van der Waals surface area contributed by atoms with Crippen molar-refractivity contribution in [2.45, 2.75) is 13.3 Å². The molecule has 0 aliphatic rings. The molecule has 104 valence electrons. The van der Waals surface area contributed by atoms with Gasteiger partial charge in [0.15, 0.2) is 5.78 Å². The van der Waals surface area contributed by atoms with Crippen molar-refractivity contribution in [2.24, 2.45) is 0 Å².